The Kier molecular flexibility index (Phi) is 5.70. The fourth-order valence-corrected chi connectivity index (χ4v) is 4.36. The molecule has 158 valence electrons. The zero-order valence-corrected chi connectivity index (χ0v) is 16.6. The minimum absolute atomic E-state index is 0.181. The predicted octanol–water partition coefficient (Wildman–Crippen LogP) is 4.08. The summed E-state index contributed by atoms with van der Waals surface area (Å²) >= 11 is 1.36. The molecule has 0 unspecified atom stereocenters. The smallest absolute Gasteiger partial charge is 0.334 e. The van der Waals surface area contributed by atoms with Crippen LogP contribution in [0.5, 0.6) is 0 Å². The van der Waals surface area contributed by atoms with Crippen molar-refractivity contribution in [3.8, 4) is 0 Å². The normalized spacial score (nSPS) is 16.9. The number of alkyl halides is 3. The molecule has 3 heterocycles. The molecule has 0 bridgehead atoms. The van der Waals surface area contributed by atoms with Crippen molar-refractivity contribution >= 4 is 18.0 Å². The maximum atomic E-state index is 12.9. The highest BCUT2D eigenvalue weighted by atomic mass is 32.2. The summed E-state index contributed by atoms with van der Waals surface area (Å²) in [4.78, 5) is 18.2. The molecular formula is C20H18F4N4OS. The fraction of sp³-hybridized carbons (Fsp3) is 0.300. The van der Waals surface area contributed by atoms with E-state index in [1.807, 2.05) is 4.31 Å². The molecule has 30 heavy (non-hydrogen) atoms. The Bertz CT molecular complexity index is 942. The van der Waals surface area contributed by atoms with E-state index in [0.717, 1.165) is 22.8 Å². The summed E-state index contributed by atoms with van der Waals surface area (Å²) in [6.45, 7) is 2.65. The van der Waals surface area contributed by atoms with Gasteiger partial charge < -0.3 is 10.2 Å². The molecule has 4 rings (SSSR count). The number of pyridine rings is 1. The highest BCUT2D eigenvalue weighted by Gasteiger charge is 2.34. The molecule has 0 fully saturated rings. The number of halogens is 4. The van der Waals surface area contributed by atoms with Crippen LogP contribution in [0.1, 0.15) is 11.3 Å². The number of carbonyl (C=O) groups excluding carboxylic acids is 1. The third-order valence-corrected chi connectivity index (χ3v) is 5.87. The first kappa shape index (κ1) is 20.7. The van der Waals surface area contributed by atoms with Crippen LogP contribution >= 0.6 is 11.9 Å². The van der Waals surface area contributed by atoms with Gasteiger partial charge in [0.2, 0.25) is 0 Å². The third-order valence-electron chi connectivity index (χ3n) is 4.90. The third kappa shape index (κ3) is 4.76. The van der Waals surface area contributed by atoms with E-state index in [4.69, 9.17) is 0 Å². The second kappa shape index (κ2) is 8.27. The lowest BCUT2D eigenvalue weighted by Gasteiger charge is -2.22. The molecule has 10 heteroatoms. The number of nitrogens with one attached hydrogen (secondary N) is 1. The van der Waals surface area contributed by atoms with Crippen molar-refractivity contribution in [2.24, 2.45) is 0 Å². The Balaban J connectivity index is 1.24. The molecule has 2 amide bonds. The molecule has 2 aliphatic heterocycles. The van der Waals surface area contributed by atoms with Crippen LogP contribution in [0, 0.1) is 5.82 Å². The average molecular weight is 438 g/mol. The maximum absolute atomic E-state index is 12.9. The van der Waals surface area contributed by atoms with E-state index >= 15 is 0 Å². The van der Waals surface area contributed by atoms with Crippen LogP contribution in [0.3, 0.4) is 0 Å². The van der Waals surface area contributed by atoms with Crippen molar-refractivity contribution in [3.63, 3.8) is 0 Å². The van der Waals surface area contributed by atoms with Gasteiger partial charge in [0.25, 0.3) is 0 Å². The van der Waals surface area contributed by atoms with Crippen molar-refractivity contribution in [2.75, 3.05) is 26.2 Å². The second-order valence-electron chi connectivity index (χ2n) is 7.11. The van der Waals surface area contributed by atoms with Gasteiger partial charge in [-0.25, -0.2) is 13.5 Å². The van der Waals surface area contributed by atoms with Gasteiger partial charge in [0.15, 0.2) is 0 Å². The van der Waals surface area contributed by atoms with E-state index in [2.05, 4.69) is 10.3 Å². The van der Waals surface area contributed by atoms with Crippen LogP contribution in [0.4, 0.5) is 22.4 Å². The van der Waals surface area contributed by atoms with Gasteiger partial charge in [-0.1, -0.05) is 12.1 Å². The predicted molar refractivity (Wildman–Crippen MR) is 104 cm³/mol. The topological polar surface area (TPSA) is 48.5 Å². The lowest BCUT2D eigenvalue weighted by molar-refractivity contribution is -0.141. The molecule has 0 spiro atoms. The number of nitrogens with zero attached hydrogens (tertiary/aromatic N) is 3. The van der Waals surface area contributed by atoms with E-state index in [-0.39, 0.29) is 11.8 Å². The quantitative estimate of drug-likeness (QED) is 0.444. The van der Waals surface area contributed by atoms with Crippen LogP contribution in [0.15, 0.2) is 58.6 Å². The highest BCUT2D eigenvalue weighted by Crippen LogP contribution is 2.34. The highest BCUT2D eigenvalue weighted by molar-refractivity contribution is 7.97. The van der Waals surface area contributed by atoms with Gasteiger partial charge in [-0.05, 0) is 52.9 Å². The fourth-order valence-electron chi connectivity index (χ4n) is 3.40. The number of urea groups is 1. The van der Waals surface area contributed by atoms with Gasteiger partial charge in [-0.2, -0.15) is 13.2 Å². The Morgan fingerprint density at radius 2 is 1.70 bits per heavy atom. The van der Waals surface area contributed by atoms with Crippen molar-refractivity contribution in [1.82, 2.24) is 19.5 Å². The maximum Gasteiger partial charge on any atom is 0.433 e. The van der Waals surface area contributed by atoms with Crippen LogP contribution in [0.2, 0.25) is 0 Å². The molecule has 2 aromatic rings. The molecule has 0 radical (unpaired) electrons. The Morgan fingerprint density at radius 3 is 2.27 bits per heavy atom. The van der Waals surface area contributed by atoms with Gasteiger partial charge in [0.05, 0.1) is 0 Å². The molecule has 0 atom stereocenters. The number of rotatable bonds is 4. The van der Waals surface area contributed by atoms with Crippen molar-refractivity contribution in [3.05, 3.63) is 70.8 Å². The summed E-state index contributed by atoms with van der Waals surface area (Å²) in [6, 6.07) is 8.18. The molecule has 1 aromatic carbocycles. The van der Waals surface area contributed by atoms with E-state index < -0.39 is 11.9 Å². The first-order valence-electron chi connectivity index (χ1n) is 9.21. The van der Waals surface area contributed by atoms with Crippen LogP contribution < -0.4 is 5.32 Å². The van der Waals surface area contributed by atoms with E-state index in [1.54, 1.807) is 17.0 Å². The second-order valence-corrected chi connectivity index (χ2v) is 8.28. The monoisotopic (exact) mass is 438 g/mol. The number of aromatic nitrogens is 1. The van der Waals surface area contributed by atoms with Crippen LogP contribution in [-0.2, 0) is 12.7 Å². The van der Waals surface area contributed by atoms with E-state index in [9.17, 15) is 22.4 Å². The summed E-state index contributed by atoms with van der Waals surface area (Å²) in [5, 5.41) is 2.84. The summed E-state index contributed by atoms with van der Waals surface area (Å²) in [6.07, 6.45) is -3.22. The summed E-state index contributed by atoms with van der Waals surface area (Å²) < 4.78 is 52.8. The Hall–Kier alpha value is -2.59. The lowest BCUT2D eigenvalue weighted by Crippen LogP contribution is -2.40. The molecule has 0 aliphatic carbocycles. The summed E-state index contributed by atoms with van der Waals surface area (Å²) in [7, 11) is 0. The van der Waals surface area contributed by atoms with Crippen LogP contribution in [0.25, 0.3) is 0 Å². The Labute approximate surface area is 174 Å². The minimum Gasteiger partial charge on any atom is -0.334 e. The largest absolute Gasteiger partial charge is 0.433 e. The molecule has 1 N–H and O–H groups in total. The van der Waals surface area contributed by atoms with Crippen molar-refractivity contribution < 1.29 is 22.4 Å². The minimum atomic E-state index is -4.44. The zero-order valence-electron chi connectivity index (χ0n) is 15.7. The number of hydrogen-bond donors (Lipinski definition) is 1. The average Bonchev–Trinajstić information content (AvgIpc) is 3.26. The van der Waals surface area contributed by atoms with Gasteiger partial charge in [0.1, 0.15) is 11.5 Å². The van der Waals surface area contributed by atoms with Crippen molar-refractivity contribution in [2.45, 2.75) is 17.6 Å². The van der Waals surface area contributed by atoms with Gasteiger partial charge in [-0.3, -0.25) is 4.98 Å². The van der Waals surface area contributed by atoms with Crippen molar-refractivity contribution in [1.29, 1.82) is 0 Å². The van der Waals surface area contributed by atoms with Gasteiger partial charge in [-0.15, -0.1) is 0 Å². The summed E-state index contributed by atoms with van der Waals surface area (Å²) in [5.41, 5.74) is 2.21. The number of hydrogen-bond acceptors (Lipinski definition) is 4. The van der Waals surface area contributed by atoms with E-state index in [1.165, 1.54) is 36.3 Å². The zero-order chi connectivity index (χ0) is 21.3. The molecule has 1 aromatic heterocycles. The first-order chi connectivity index (χ1) is 14.3. The molecular weight excluding hydrogens is 420 g/mol. The molecule has 0 saturated carbocycles. The summed E-state index contributed by atoms with van der Waals surface area (Å²) in [5.74, 6) is -0.320. The SMILES string of the molecule is O=C(NCc1ccc(F)cc1)N1CC2=C(CN(Sc3ccc(C(F)(F)F)nc3)C2)C1. The van der Waals surface area contributed by atoms with Gasteiger partial charge >= 0.3 is 12.2 Å². The van der Waals surface area contributed by atoms with E-state index in [0.29, 0.717) is 37.6 Å². The molecule has 5 nitrogen and oxygen atoms in total. The Morgan fingerprint density at radius 1 is 1.03 bits per heavy atom. The number of benzene rings is 1. The number of carbonyl (C=O) groups is 1. The van der Waals surface area contributed by atoms with Gasteiger partial charge in [0, 0.05) is 43.8 Å². The molecule has 2 aliphatic rings. The molecule has 0 saturated heterocycles. The lowest BCUT2D eigenvalue weighted by atomic mass is 10.2. The number of amides is 2. The van der Waals surface area contributed by atoms with Crippen LogP contribution in [-0.4, -0.2) is 46.4 Å². The first-order valence-corrected chi connectivity index (χ1v) is 9.98. The standard InChI is InChI=1S/C20H18F4N4OS/c21-16-3-1-13(2-4-16)7-26-19(29)27-9-14-11-28(12-15(14)10-27)30-17-5-6-18(25-8-17)20(22,23)24/h1-6,8H,7,9-12H2,(H,26,29).